The Hall–Kier alpha value is -1.42. The normalized spacial score (nSPS) is 12.4. The molecule has 3 N–H and O–H groups in total. The van der Waals surface area contributed by atoms with Crippen molar-refractivity contribution in [1.29, 1.82) is 0 Å². The Morgan fingerprint density at radius 3 is 2.93 bits per heavy atom. The minimum absolute atomic E-state index is 0.340. The van der Waals surface area contributed by atoms with Crippen LogP contribution in [0.3, 0.4) is 0 Å². The molecule has 0 bridgehead atoms. The predicted molar refractivity (Wildman–Crippen MR) is 52.9 cm³/mol. The van der Waals surface area contributed by atoms with Crippen LogP contribution in [-0.2, 0) is 17.6 Å². The van der Waals surface area contributed by atoms with Gasteiger partial charge in [-0.05, 0) is 23.6 Å². The molecular formula is C10H14N2O2. The lowest BCUT2D eigenvalue weighted by Crippen LogP contribution is -2.32. The number of carboxylic acid groups (broad SMARTS) is 1. The van der Waals surface area contributed by atoms with E-state index < -0.39 is 12.0 Å². The summed E-state index contributed by atoms with van der Waals surface area (Å²) in [6, 6.07) is 1.05. The number of hydrogen-bond acceptors (Lipinski definition) is 3. The van der Waals surface area contributed by atoms with Crippen molar-refractivity contribution >= 4 is 5.97 Å². The standard InChI is InChI=1S/C10H14N2O2/c1-2-7-3-4-12-6-8(7)5-9(11)10(13)14/h3-4,6,9H,2,5,11H2,1H3,(H,13,14). The molecule has 0 saturated heterocycles. The summed E-state index contributed by atoms with van der Waals surface area (Å²) < 4.78 is 0. The lowest BCUT2D eigenvalue weighted by atomic mass is 10.0. The fraction of sp³-hybridized carbons (Fsp3) is 0.400. The molecule has 4 nitrogen and oxygen atoms in total. The van der Waals surface area contributed by atoms with Gasteiger partial charge >= 0.3 is 5.97 Å². The number of hydrogen-bond donors (Lipinski definition) is 2. The van der Waals surface area contributed by atoms with Gasteiger partial charge in [-0.1, -0.05) is 6.92 Å². The molecule has 0 saturated carbocycles. The van der Waals surface area contributed by atoms with Gasteiger partial charge in [-0.3, -0.25) is 9.78 Å². The largest absolute Gasteiger partial charge is 0.480 e. The van der Waals surface area contributed by atoms with Crippen LogP contribution in [0.5, 0.6) is 0 Å². The lowest BCUT2D eigenvalue weighted by Gasteiger charge is -2.09. The second-order valence-electron chi connectivity index (χ2n) is 3.15. The molecule has 0 aliphatic rings. The average Bonchev–Trinajstić information content (AvgIpc) is 2.18. The predicted octanol–water partition coefficient (Wildman–Crippen LogP) is 0.598. The number of aromatic nitrogens is 1. The number of pyridine rings is 1. The topological polar surface area (TPSA) is 76.2 Å². The van der Waals surface area contributed by atoms with E-state index in [2.05, 4.69) is 4.98 Å². The van der Waals surface area contributed by atoms with Crippen LogP contribution in [-0.4, -0.2) is 22.1 Å². The van der Waals surface area contributed by atoms with Crippen LogP contribution < -0.4 is 5.73 Å². The summed E-state index contributed by atoms with van der Waals surface area (Å²) in [5.74, 6) is -0.976. The van der Waals surface area contributed by atoms with Crippen molar-refractivity contribution in [2.75, 3.05) is 0 Å². The molecule has 14 heavy (non-hydrogen) atoms. The molecular weight excluding hydrogens is 180 g/mol. The van der Waals surface area contributed by atoms with E-state index in [9.17, 15) is 4.79 Å². The quantitative estimate of drug-likeness (QED) is 0.735. The summed E-state index contributed by atoms with van der Waals surface area (Å²) in [6.07, 6.45) is 4.59. The van der Waals surface area contributed by atoms with Gasteiger partial charge in [0.1, 0.15) is 6.04 Å². The highest BCUT2D eigenvalue weighted by atomic mass is 16.4. The van der Waals surface area contributed by atoms with Gasteiger partial charge in [-0.15, -0.1) is 0 Å². The first kappa shape index (κ1) is 10.7. The van der Waals surface area contributed by atoms with Crippen molar-refractivity contribution in [2.45, 2.75) is 25.8 Å². The van der Waals surface area contributed by atoms with E-state index in [0.29, 0.717) is 6.42 Å². The van der Waals surface area contributed by atoms with E-state index in [1.54, 1.807) is 12.4 Å². The van der Waals surface area contributed by atoms with Gasteiger partial charge in [0.2, 0.25) is 0 Å². The first-order chi connectivity index (χ1) is 6.65. The van der Waals surface area contributed by atoms with Crippen molar-refractivity contribution in [1.82, 2.24) is 4.98 Å². The maximum atomic E-state index is 10.6. The van der Waals surface area contributed by atoms with Crippen LogP contribution in [0.25, 0.3) is 0 Å². The number of aliphatic carboxylic acids is 1. The van der Waals surface area contributed by atoms with E-state index in [1.807, 2.05) is 13.0 Å². The Kier molecular flexibility index (Phi) is 3.59. The van der Waals surface area contributed by atoms with Crippen molar-refractivity contribution < 1.29 is 9.90 Å². The molecule has 0 aliphatic heterocycles. The lowest BCUT2D eigenvalue weighted by molar-refractivity contribution is -0.138. The van der Waals surface area contributed by atoms with E-state index >= 15 is 0 Å². The molecule has 1 aromatic rings. The van der Waals surface area contributed by atoms with Crippen LogP contribution in [0.15, 0.2) is 18.5 Å². The maximum absolute atomic E-state index is 10.6. The zero-order valence-corrected chi connectivity index (χ0v) is 8.10. The van der Waals surface area contributed by atoms with Gasteiger partial charge in [0.05, 0.1) is 0 Å². The van der Waals surface area contributed by atoms with Gasteiger partial charge in [0.15, 0.2) is 0 Å². The van der Waals surface area contributed by atoms with E-state index in [0.717, 1.165) is 17.5 Å². The number of nitrogens with two attached hydrogens (primary N) is 1. The van der Waals surface area contributed by atoms with Crippen molar-refractivity contribution in [2.24, 2.45) is 5.73 Å². The van der Waals surface area contributed by atoms with Crippen LogP contribution in [0.4, 0.5) is 0 Å². The number of aryl methyl sites for hydroxylation is 1. The van der Waals surface area contributed by atoms with Crippen LogP contribution in [0, 0.1) is 0 Å². The maximum Gasteiger partial charge on any atom is 0.320 e. The molecule has 76 valence electrons. The zero-order valence-electron chi connectivity index (χ0n) is 8.10. The third kappa shape index (κ3) is 2.53. The van der Waals surface area contributed by atoms with Gasteiger partial charge < -0.3 is 10.8 Å². The highest BCUT2D eigenvalue weighted by molar-refractivity contribution is 5.73. The van der Waals surface area contributed by atoms with Crippen molar-refractivity contribution in [3.8, 4) is 0 Å². The molecule has 0 radical (unpaired) electrons. The summed E-state index contributed by atoms with van der Waals surface area (Å²) in [5.41, 5.74) is 7.47. The molecule has 0 fully saturated rings. The summed E-state index contributed by atoms with van der Waals surface area (Å²) in [5, 5.41) is 8.66. The molecule has 1 unspecified atom stereocenters. The van der Waals surface area contributed by atoms with Gasteiger partial charge in [0, 0.05) is 18.8 Å². The number of carbonyl (C=O) groups is 1. The molecule has 0 amide bonds. The highest BCUT2D eigenvalue weighted by Crippen LogP contribution is 2.09. The van der Waals surface area contributed by atoms with E-state index in [-0.39, 0.29) is 0 Å². The SMILES string of the molecule is CCc1ccncc1CC(N)C(=O)O. The van der Waals surface area contributed by atoms with E-state index in [4.69, 9.17) is 10.8 Å². The first-order valence-electron chi connectivity index (χ1n) is 4.55. The van der Waals surface area contributed by atoms with Crippen LogP contribution in [0.2, 0.25) is 0 Å². The Morgan fingerprint density at radius 2 is 2.36 bits per heavy atom. The number of rotatable bonds is 4. The Morgan fingerprint density at radius 1 is 1.64 bits per heavy atom. The number of carboxylic acids is 1. The summed E-state index contributed by atoms with van der Waals surface area (Å²) in [4.78, 5) is 14.5. The molecule has 1 aromatic heterocycles. The van der Waals surface area contributed by atoms with Gasteiger partial charge in [0.25, 0.3) is 0 Å². The van der Waals surface area contributed by atoms with Crippen LogP contribution >= 0.6 is 0 Å². The zero-order chi connectivity index (χ0) is 10.6. The summed E-state index contributed by atoms with van der Waals surface area (Å²) in [6.45, 7) is 2.02. The fourth-order valence-electron chi connectivity index (χ4n) is 1.31. The molecule has 1 heterocycles. The Balaban J connectivity index is 2.80. The third-order valence-corrected chi connectivity index (χ3v) is 2.14. The van der Waals surface area contributed by atoms with E-state index in [1.165, 1.54) is 0 Å². The van der Waals surface area contributed by atoms with Crippen molar-refractivity contribution in [3.05, 3.63) is 29.6 Å². The minimum Gasteiger partial charge on any atom is -0.480 e. The second-order valence-corrected chi connectivity index (χ2v) is 3.15. The molecule has 0 aliphatic carbocycles. The van der Waals surface area contributed by atoms with Gasteiger partial charge in [-0.2, -0.15) is 0 Å². The molecule has 0 aromatic carbocycles. The Bertz CT molecular complexity index is 326. The second kappa shape index (κ2) is 4.72. The summed E-state index contributed by atoms with van der Waals surface area (Å²) in [7, 11) is 0. The molecule has 1 rings (SSSR count). The summed E-state index contributed by atoms with van der Waals surface area (Å²) >= 11 is 0. The minimum atomic E-state index is -0.976. The monoisotopic (exact) mass is 194 g/mol. The van der Waals surface area contributed by atoms with Gasteiger partial charge in [-0.25, -0.2) is 0 Å². The average molecular weight is 194 g/mol. The van der Waals surface area contributed by atoms with Crippen LogP contribution in [0.1, 0.15) is 18.1 Å². The molecule has 4 heteroatoms. The number of nitrogens with zero attached hydrogens (tertiary/aromatic N) is 1. The molecule has 1 atom stereocenters. The Labute approximate surface area is 82.8 Å². The third-order valence-electron chi connectivity index (χ3n) is 2.14. The fourth-order valence-corrected chi connectivity index (χ4v) is 1.31. The first-order valence-corrected chi connectivity index (χ1v) is 4.55. The highest BCUT2D eigenvalue weighted by Gasteiger charge is 2.13. The van der Waals surface area contributed by atoms with Crippen molar-refractivity contribution in [3.63, 3.8) is 0 Å². The smallest absolute Gasteiger partial charge is 0.320 e. The molecule has 0 spiro atoms.